The standard InChI is InChI=1S/C18H12FN7/c1-10-13(26-9-25-16-17(21)23-8-24-18(16)26)5-6-22-15(10)12-4-2-3-11(7-20)14(12)19/h2-6,8-9H,1H3,(H2,21,23,24). The number of halogens is 1. The van der Waals surface area contributed by atoms with Gasteiger partial charge in [0.1, 0.15) is 24.5 Å². The van der Waals surface area contributed by atoms with E-state index in [0.717, 1.165) is 11.3 Å². The molecule has 26 heavy (non-hydrogen) atoms. The first-order valence-corrected chi connectivity index (χ1v) is 7.70. The molecule has 0 amide bonds. The molecule has 8 heteroatoms. The van der Waals surface area contributed by atoms with Crippen LogP contribution >= 0.6 is 0 Å². The van der Waals surface area contributed by atoms with E-state index in [2.05, 4.69) is 19.9 Å². The van der Waals surface area contributed by atoms with Crippen LogP contribution in [0, 0.1) is 24.1 Å². The first-order valence-electron chi connectivity index (χ1n) is 7.70. The summed E-state index contributed by atoms with van der Waals surface area (Å²) in [7, 11) is 0. The van der Waals surface area contributed by atoms with Crippen molar-refractivity contribution < 1.29 is 4.39 Å². The van der Waals surface area contributed by atoms with Crippen LogP contribution in [0.25, 0.3) is 28.1 Å². The molecule has 0 saturated carbocycles. The Labute approximate surface area is 147 Å². The third-order valence-electron chi connectivity index (χ3n) is 4.17. The van der Waals surface area contributed by atoms with E-state index < -0.39 is 5.82 Å². The van der Waals surface area contributed by atoms with Crippen LogP contribution in [-0.4, -0.2) is 24.5 Å². The summed E-state index contributed by atoms with van der Waals surface area (Å²) < 4.78 is 16.3. The van der Waals surface area contributed by atoms with Gasteiger partial charge in [0.05, 0.1) is 16.9 Å². The van der Waals surface area contributed by atoms with Crippen molar-refractivity contribution in [3.63, 3.8) is 0 Å². The number of nitriles is 1. The van der Waals surface area contributed by atoms with Crippen molar-refractivity contribution in [2.75, 3.05) is 5.73 Å². The van der Waals surface area contributed by atoms with Gasteiger partial charge in [-0.25, -0.2) is 19.3 Å². The van der Waals surface area contributed by atoms with E-state index in [1.807, 2.05) is 13.0 Å². The van der Waals surface area contributed by atoms with Gasteiger partial charge in [-0.15, -0.1) is 0 Å². The second kappa shape index (κ2) is 5.89. The Bertz CT molecular complexity index is 1190. The Morgan fingerprint density at radius 3 is 2.81 bits per heavy atom. The largest absolute Gasteiger partial charge is 0.382 e. The third-order valence-corrected chi connectivity index (χ3v) is 4.17. The summed E-state index contributed by atoms with van der Waals surface area (Å²) in [6.07, 6.45) is 4.53. The van der Waals surface area contributed by atoms with Crippen LogP contribution in [-0.2, 0) is 0 Å². The molecule has 0 bridgehead atoms. The summed E-state index contributed by atoms with van der Waals surface area (Å²) >= 11 is 0. The molecule has 4 aromatic rings. The molecule has 7 nitrogen and oxygen atoms in total. The molecule has 1 aromatic carbocycles. The number of pyridine rings is 1. The quantitative estimate of drug-likeness (QED) is 0.599. The summed E-state index contributed by atoms with van der Waals surface area (Å²) in [5.74, 6) is -0.307. The molecular weight excluding hydrogens is 333 g/mol. The van der Waals surface area contributed by atoms with Gasteiger partial charge in [-0.3, -0.25) is 9.55 Å². The maximum absolute atomic E-state index is 14.6. The zero-order chi connectivity index (χ0) is 18.3. The molecule has 0 aliphatic rings. The number of aromatic nitrogens is 5. The first-order chi connectivity index (χ1) is 12.6. The number of rotatable bonds is 2. The number of imidazole rings is 1. The lowest BCUT2D eigenvalue weighted by molar-refractivity contribution is 0.626. The first kappa shape index (κ1) is 15.7. The van der Waals surface area contributed by atoms with Gasteiger partial charge in [0.2, 0.25) is 0 Å². The van der Waals surface area contributed by atoms with Gasteiger partial charge in [0.25, 0.3) is 0 Å². The molecule has 3 aromatic heterocycles. The van der Waals surface area contributed by atoms with Gasteiger partial charge in [-0.05, 0) is 30.7 Å². The molecule has 126 valence electrons. The van der Waals surface area contributed by atoms with Gasteiger partial charge in [0, 0.05) is 11.8 Å². The summed E-state index contributed by atoms with van der Waals surface area (Å²) in [6.45, 7) is 1.83. The van der Waals surface area contributed by atoms with Crippen LogP contribution in [0.2, 0.25) is 0 Å². The molecule has 0 unspecified atom stereocenters. The van der Waals surface area contributed by atoms with Crippen LogP contribution in [0.3, 0.4) is 0 Å². The highest BCUT2D eigenvalue weighted by Gasteiger charge is 2.17. The molecule has 0 aliphatic carbocycles. The highest BCUT2D eigenvalue weighted by molar-refractivity contribution is 5.83. The predicted octanol–water partition coefficient (Wildman–Crippen LogP) is 2.78. The minimum Gasteiger partial charge on any atom is -0.382 e. The number of hydrogen-bond donors (Lipinski definition) is 1. The number of fused-ring (bicyclic) bond motifs is 1. The Hall–Kier alpha value is -3.86. The number of benzene rings is 1. The highest BCUT2D eigenvalue weighted by atomic mass is 19.1. The fourth-order valence-corrected chi connectivity index (χ4v) is 2.89. The average molecular weight is 345 g/mol. The number of hydrogen-bond acceptors (Lipinski definition) is 6. The van der Waals surface area contributed by atoms with Gasteiger partial charge in [-0.1, -0.05) is 6.07 Å². The number of anilines is 1. The zero-order valence-electron chi connectivity index (χ0n) is 13.7. The molecule has 2 N–H and O–H groups in total. The Morgan fingerprint density at radius 1 is 1.15 bits per heavy atom. The average Bonchev–Trinajstić information content (AvgIpc) is 3.08. The van der Waals surface area contributed by atoms with Crippen molar-refractivity contribution in [3.05, 3.63) is 60.1 Å². The lowest BCUT2D eigenvalue weighted by atomic mass is 10.0. The molecule has 0 aliphatic heterocycles. The van der Waals surface area contributed by atoms with E-state index in [1.165, 1.54) is 12.4 Å². The molecule has 3 heterocycles. The highest BCUT2D eigenvalue weighted by Crippen LogP contribution is 2.30. The van der Waals surface area contributed by atoms with Crippen LogP contribution in [0.1, 0.15) is 11.1 Å². The van der Waals surface area contributed by atoms with E-state index >= 15 is 0 Å². The SMILES string of the molecule is Cc1c(-n2cnc3c(N)ncnc32)ccnc1-c1cccc(C#N)c1F. The fraction of sp³-hybridized carbons (Fsp3) is 0.0556. The molecule has 4 rings (SSSR count). The van der Waals surface area contributed by atoms with Crippen molar-refractivity contribution in [1.82, 2.24) is 24.5 Å². The second-order valence-electron chi connectivity index (χ2n) is 5.63. The number of nitrogens with zero attached hydrogens (tertiary/aromatic N) is 6. The van der Waals surface area contributed by atoms with Crippen molar-refractivity contribution in [2.24, 2.45) is 0 Å². The van der Waals surface area contributed by atoms with Crippen molar-refractivity contribution in [2.45, 2.75) is 6.92 Å². The summed E-state index contributed by atoms with van der Waals surface area (Å²) in [4.78, 5) is 16.7. The van der Waals surface area contributed by atoms with Gasteiger partial charge in [0.15, 0.2) is 17.0 Å². The molecule has 0 atom stereocenters. The summed E-state index contributed by atoms with van der Waals surface area (Å²) in [5, 5.41) is 9.06. The van der Waals surface area contributed by atoms with Crippen molar-refractivity contribution in [1.29, 1.82) is 5.26 Å². The van der Waals surface area contributed by atoms with Crippen molar-refractivity contribution >= 4 is 17.0 Å². The molecular formula is C18H12FN7. The van der Waals surface area contributed by atoms with E-state index in [4.69, 9.17) is 11.0 Å². The van der Waals surface area contributed by atoms with E-state index in [0.29, 0.717) is 16.9 Å². The minimum atomic E-state index is -0.593. The zero-order valence-corrected chi connectivity index (χ0v) is 13.7. The summed E-state index contributed by atoms with van der Waals surface area (Å²) in [5.41, 5.74) is 9.01. The van der Waals surface area contributed by atoms with Crippen LogP contribution < -0.4 is 5.73 Å². The maximum Gasteiger partial charge on any atom is 0.170 e. The third kappa shape index (κ3) is 2.26. The van der Waals surface area contributed by atoms with Crippen LogP contribution in [0.15, 0.2) is 43.1 Å². The number of nitrogens with two attached hydrogens (primary N) is 1. The van der Waals surface area contributed by atoms with E-state index in [1.54, 1.807) is 35.3 Å². The fourth-order valence-electron chi connectivity index (χ4n) is 2.89. The van der Waals surface area contributed by atoms with E-state index in [-0.39, 0.29) is 16.9 Å². The Balaban J connectivity index is 1.95. The van der Waals surface area contributed by atoms with Gasteiger partial charge >= 0.3 is 0 Å². The molecule has 0 spiro atoms. The monoisotopic (exact) mass is 345 g/mol. The molecule has 0 radical (unpaired) electrons. The lowest BCUT2D eigenvalue weighted by Crippen LogP contribution is -2.02. The lowest BCUT2D eigenvalue weighted by Gasteiger charge is -2.12. The molecule has 0 saturated heterocycles. The normalized spacial score (nSPS) is 10.8. The minimum absolute atomic E-state index is 0.0253. The Kier molecular flexibility index (Phi) is 3.55. The van der Waals surface area contributed by atoms with Gasteiger partial charge in [-0.2, -0.15) is 5.26 Å². The topological polar surface area (TPSA) is 106 Å². The maximum atomic E-state index is 14.6. The van der Waals surface area contributed by atoms with Crippen LogP contribution in [0.4, 0.5) is 10.2 Å². The molecule has 0 fully saturated rings. The van der Waals surface area contributed by atoms with E-state index in [9.17, 15) is 4.39 Å². The van der Waals surface area contributed by atoms with Crippen LogP contribution in [0.5, 0.6) is 0 Å². The van der Waals surface area contributed by atoms with Gasteiger partial charge < -0.3 is 5.73 Å². The number of nitrogen functional groups attached to an aromatic ring is 1. The smallest absolute Gasteiger partial charge is 0.170 e. The predicted molar refractivity (Wildman–Crippen MR) is 93.7 cm³/mol. The summed E-state index contributed by atoms with van der Waals surface area (Å²) in [6, 6.07) is 8.29. The second-order valence-corrected chi connectivity index (χ2v) is 5.63. The Morgan fingerprint density at radius 2 is 2.00 bits per heavy atom. The van der Waals surface area contributed by atoms with Crippen molar-refractivity contribution in [3.8, 4) is 23.0 Å².